The predicted molar refractivity (Wildman–Crippen MR) is 78.8 cm³/mol. The van der Waals surface area contributed by atoms with Crippen LogP contribution in [0.5, 0.6) is 0 Å². The third-order valence-electron chi connectivity index (χ3n) is 3.57. The highest BCUT2D eigenvalue weighted by Gasteiger charge is 2.21. The minimum absolute atomic E-state index is 0.0161. The van der Waals surface area contributed by atoms with Crippen LogP contribution < -0.4 is 11.1 Å². The Bertz CT molecular complexity index is 467. The van der Waals surface area contributed by atoms with Crippen LogP contribution in [0.15, 0.2) is 18.2 Å². The highest BCUT2D eigenvalue weighted by molar-refractivity contribution is 7.80. The number of aliphatic hydroxyl groups is 1. The van der Waals surface area contributed by atoms with Gasteiger partial charge in [-0.1, -0.05) is 31.5 Å². The first-order chi connectivity index (χ1) is 9.08. The van der Waals surface area contributed by atoms with Crippen molar-refractivity contribution in [3.05, 3.63) is 29.6 Å². The van der Waals surface area contributed by atoms with Gasteiger partial charge in [-0.2, -0.15) is 0 Å². The van der Waals surface area contributed by atoms with Crippen LogP contribution in [0.2, 0.25) is 0 Å². The lowest BCUT2D eigenvalue weighted by Crippen LogP contribution is -2.32. The first-order valence-electron chi connectivity index (χ1n) is 6.62. The summed E-state index contributed by atoms with van der Waals surface area (Å²) in [4.78, 5) is 0.0542. The van der Waals surface area contributed by atoms with E-state index in [2.05, 4.69) is 5.32 Å². The lowest BCUT2D eigenvalue weighted by Gasteiger charge is -2.23. The van der Waals surface area contributed by atoms with Crippen LogP contribution in [0.25, 0.3) is 0 Å². The Labute approximate surface area is 118 Å². The van der Waals surface area contributed by atoms with Crippen LogP contribution >= 0.6 is 12.2 Å². The van der Waals surface area contributed by atoms with E-state index in [4.69, 9.17) is 18.0 Å². The van der Waals surface area contributed by atoms with E-state index in [0.717, 1.165) is 32.1 Å². The summed E-state index contributed by atoms with van der Waals surface area (Å²) in [6.45, 7) is 0. The number of aliphatic hydroxyl groups excluding tert-OH is 1. The van der Waals surface area contributed by atoms with E-state index in [-0.39, 0.29) is 22.7 Å². The zero-order valence-electron chi connectivity index (χ0n) is 10.7. The van der Waals surface area contributed by atoms with E-state index in [1.807, 2.05) is 0 Å². The van der Waals surface area contributed by atoms with Crippen LogP contribution in [0, 0.1) is 5.82 Å². The molecule has 0 bridgehead atoms. The number of nitrogens with two attached hydrogens (primary N) is 1. The van der Waals surface area contributed by atoms with Gasteiger partial charge < -0.3 is 16.2 Å². The molecule has 19 heavy (non-hydrogen) atoms. The summed E-state index contributed by atoms with van der Waals surface area (Å²) in [6.07, 6.45) is 4.60. The van der Waals surface area contributed by atoms with Gasteiger partial charge in [-0.05, 0) is 31.0 Å². The van der Waals surface area contributed by atoms with Crippen LogP contribution in [-0.2, 0) is 0 Å². The summed E-state index contributed by atoms with van der Waals surface area (Å²) in [5, 5.41) is 13.2. The molecule has 0 aliphatic heterocycles. The lowest BCUT2D eigenvalue weighted by atomic mass is 10.1. The molecular weight excluding hydrogens is 263 g/mol. The van der Waals surface area contributed by atoms with E-state index < -0.39 is 5.82 Å². The minimum atomic E-state index is -0.430. The Morgan fingerprint density at radius 1 is 1.32 bits per heavy atom. The van der Waals surface area contributed by atoms with E-state index in [0.29, 0.717) is 5.69 Å². The maximum absolute atomic E-state index is 13.8. The summed E-state index contributed by atoms with van der Waals surface area (Å²) in [7, 11) is 0. The largest absolute Gasteiger partial charge is 0.391 e. The van der Waals surface area contributed by atoms with Crippen LogP contribution in [0.4, 0.5) is 10.1 Å². The van der Waals surface area contributed by atoms with E-state index >= 15 is 0 Å². The van der Waals surface area contributed by atoms with Gasteiger partial charge in [0, 0.05) is 11.3 Å². The molecular formula is C14H19FN2OS. The molecule has 104 valence electrons. The molecule has 2 atom stereocenters. The Balaban J connectivity index is 2.10. The fourth-order valence-electron chi connectivity index (χ4n) is 2.48. The zero-order chi connectivity index (χ0) is 13.8. The number of halogens is 1. The average Bonchev–Trinajstić information content (AvgIpc) is 2.55. The van der Waals surface area contributed by atoms with Crippen molar-refractivity contribution in [1.29, 1.82) is 0 Å². The van der Waals surface area contributed by atoms with Gasteiger partial charge >= 0.3 is 0 Å². The fraction of sp³-hybridized carbons (Fsp3) is 0.500. The van der Waals surface area contributed by atoms with Crippen LogP contribution in [-0.4, -0.2) is 22.2 Å². The van der Waals surface area contributed by atoms with Crippen molar-refractivity contribution in [3.63, 3.8) is 0 Å². The molecule has 1 aliphatic carbocycles. The monoisotopic (exact) mass is 282 g/mol. The molecule has 0 heterocycles. The quantitative estimate of drug-likeness (QED) is 0.589. The number of hydrogen-bond acceptors (Lipinski definition) is 3. The number of anilines is 1. The smallest absolute Gasteiger partial charge is 0.135 e. The molecule has 4 N–H and O–H groups in total. The zero-order valence-corrected chi connectivity index (χ0v) is 11.5. The third kappa shape index (κ3) is 3.64. The SMILES string of the molecule is NC(=S)c1ccc(NC2CCCCCC2O)cc1F. The third-order valence-corrected chi connectivity index (χ3v) is 3.79. The fourth-order valence-corrected chi connectivity index (χ4v) is 2.64. The second-order valence-corrected chi connectivity index (χ2v) is 5.45. The van der Waals surface area contributed by atoms with Crippen molar-refractivity contribution in [2.75, 3.05) is 5.32 Å². The molecule has 0 spiro atoms. The first-order valence-corrected chi connectivity index (χ1v) is 7.02. The maximum Gasteiger partial charge on any atom is 0.135 e. The summed E-state index contributed by atoms with van der Waals surface area (Å²) < 4.78 is 13.8. The molecule has 5 heteroatoms. The number of hydrogen-bond donors (Lipinski definition) is 3. The minimum Gasteiger partial charge on any atom is -0.391 e. The van der Waals surface area contributed by atoms with Gasteiger partial charge in [0.25, 0.3) is 0 Å². The number of rotatable bonds is 3. The molecule has 0 radical (unpaired) electrons. The predicted octanol–water partition coefficient (Wildman–Crippen LogP) is 2.57. The molecule has 1 aliphatic rings. The molecule has 1 saturated carbocycles. The normalized spacial score (nSPS) is 23.7. The Morgan fingerprint density at radius 2 is 2.05 bits per heavy atom. The van der Waals surface area contributed by atoms with Crippen molar-refractivity contribution >= 4 is 22.9 Å². The summed E-state index contributed by atoms with van der Waals surface area (Å²) in [6, 6.07) is 4.68. The molecule has 2 rings (SSSR count). The Kier molecular flexibility index (Phi) is 4.71. The van der Waals surface area contributed by atoms with Gasteiger partial charge in [-0.15, -0.1) is 0 Å². The Hall–Kier alpha value is -1.20. The molecule has 0 aromatic heterocycles. The Morgan fingerprint density at radius 3 is 2.74 bits per heavy atom. The number of nitrogens with one attached hydrogen (secondary N) is 1. The number of benzene rings is 1. The second-order valence-electron chi connectivity index (χ2n) is 5.02. The van der Waals surface area contributed by atoms with Crippen molar-refractivity contribution in [2.45, 2.75) is 44.2 Å². The molecule has 0 saturated heterocycles. The summed E-state index contributed by atoms with van der Waals surface area (Å²) >= 11 is 4.77. The number of thiocarbonyl (C=S) groups is 1. The lowest BCUT2D eigenvalue weighted by molar-refractivity contribution is 0.144. The van der Waals surface area contributed by atoms with Crippen LogP contribution in [0.3, 0.4) is 0 Å². The van der Waals surface area contributed by atoms with Crippen molar-refractivity contribution in [2.24, 2.45) is 5.73 Å². The molecule has 1 aromatic rings. The average molecular weight is 282 g/mol. The van der Waals surface area contributed by atoms with Crippen molar-refractivity contribution < 1.29 is 9.50 Å². The van der Waals surface area contributed by atoms with Gasteiger partial charge in [0.15, 0.2) is 0 Å². The summed E-state index contributed by atoms with van der Waals surface area (Å²) in [5.41, 5.74) is 6.33. The molecule has 1 aromatic carbocycles. The molecule has 0 amide bonds. The molecule has 2 unspecified atom stereocenters. The van der Waals surface area contributed by atoms with Crippen molar-refractivity contribution in [3.8, 4) is 0 Å². The highest BCUT2D eigenvalue weighted by atomic mass is 32.1. The van der Waals surface area contributed by atoms with Gasteiger partial charge in [-0.25, -0.2) is 4.39 Å². The van der Waals surface area contributed by atoms with Gasteiger partial charge in [0.2, 0.25) is 0 Å². The van der Waals surface area contributed by atoms with Gasteiger partial charge in [0.05, 0.1) is 12.1 Å². The van der Waals surface area contributed by atoms with E-state index in [1.54, 1.807) is 12.1 Å². The molecule has 3 nitrogen and oxygen atoms in total. The maximum atomic E-state index is 13.8. The standard InChI is InChI=1S/C14H19FN2OS/c15-11-8-9(6-7-10(11)14(16)19)17-12-4-2-1-3-5-13(12)18/h6-8,12-13,17-18H,1-5H2,(H2,16,19). The topological polar surface area (TPSA) is 58.3 Å². The van der Waals surface area contributed by atoms with E-state index in [9.17, 15) is 9.50 Å². The first kappa shape index (κ1) is 14.2. The van der Waals surface area contributed by atoms with Crippen molar-refractivity contribution in [1.82, 2.24) is 0 Å². The van der Waals surface area contributed by atoms with E-state index in [1.165, 1.54) is 6.07 Å². The summed E-state index contributed by atoms with van der Waals surface area (Å²) in [5.74, 6) is -0.430. The highest BCUT2D eigenvalue weighted by Crippen LogP contribution is 2.23. The van der Waals surface area contributed by atoms with Gasteiger partial charge in [0.1, 0.15) is 10.8 Å². The molecule has 1 fully saturated rings. The van der Waals surface area contributed by atoms with Crippen LogP contribution in [0.1, 0.15) is 37.7 Å². The second kappa shape index (κ2) is 6.30. The van der Waals surface area contributed by atoms with Gasteiger partial charge in [-0.3, -0.25) is 0 Å².